The van der Waals surface area contributed by atoms with Crippen LogP contribution in [0.25, 0.3) is 11.4 Å². The van der Waals surface area contributed by atoms with Crippen LogP contribution in [0.1, 0.15) is 32.2 Å². The fraction of sp³-hybridized carbons (Fsp3) is 0.318. The van der Waals surface area contributed by atoms with Gasteiger partial charge in [0.25, 0.3) is 5.91 Å². The maximum atomic E-state index is 13.0. The van der Waals surface area contributed by atoms with E-state index in [1.165, 1.54) is 4.80 Å². The van der Waals surface area contributed by atoms with Crippen molar-refractivity contribution in [2.75, 3.05) is 23.9 Å². The van der Waals surface area contributed by atoms with Crippen LogP contribution in [-0.2, 0) is 9.59 Å². The van der Waals surface area contributed by atoms with Crippen LogP contribution in [0.4, 0.5) is 11.4 Å². The molecular weight excluding hydrogens is 432 g/mol. The lowest BCUT2D eigenvalue weighted by Gasteiger charge is -2.20. The summed E-state index contributed by atoms with van der Waals surface area (Å²) in [4.78, 5) is 28.2. The lowest BCUT2D eigenvalue weighted by atomic mass is 10.2. The standard InChI is InChI=1S/C22H23ClN6O3/c1-3-17(29-26-21(25-27-29)14-6-8-15(23)9-7-14)22(31)24-16-10-11-19(32-2)18(13-16)28-12-4-5-20(28)30/h6-11,13,17H,3-5,12H2,1-2H3,(H,24,31). The van der Waals surface area contributed by atoms with Crippen molar-refractivity contribution in [2.45, 2.75) is 32.2 Å². The number of ether oxygens (including phenoxy) is 1. The third-order valence-corrected chi connectivity index (χ3v) is 5.56. The molecule has 0 aliphatic carbocycles. The second kappa shape index (κ2) is 9.35. The number of hydrogen-bond donors (Lipinski definition) is 1. The number of amides is 2. The van der Waals surface area contributed by atoms with E-state index in [1.807, 2.05) is 6.92 Å². The Morgan fingerprint density at radius 1 is 1.25 bits per heavy atom. The molecule has 1 unspecified atom stereocenters. The number of nitrogens with zero attached hydrogens (tertiary/aromatic N) is 5. The number of carbonyl (C=O) groups is 2. The predicted molar refractivity (Wildman–Crippen MR) is 121 cm³/mol. The van der Waals surface area contributed by atoms with Gasteiger partial charge in [0.15, 0.2) is 6.04 Å². The summed E-state index contributed by atoms with van der Waals surface area (Å²) in [6.45, 7) is 2.50. The molecule has 1 aliphatic rings. The second-order valence-corrected chi connectivity index (χ2v) is 7.83. The van der Waals surface area contributed by atoms with Crippen molar-refractivity contribution in [1.29, 1.82) is 0 Å². The van der Waals surface area contributed by atoms with Gasteiger partial charge in [-0.3, -0.25) is 9.59 Å². The molecule has 1 fully saturated rings. The van der Waals surface area contributed by atoms with Gasteiger partial charge in [-0.15, -0.1) is 10.2 Å². The number of rotatable bonds is 7. The topological polar surface area (TPSA) is 102 Å². The molecule has 32 heavy (non-hydrogen) atoms. The number of benzene rings is 2. The number of anilines is 2. The highest BCUT2D eigenvalue weighted by Gasteiger charge is 2.26. The zero-order valence-electron chi connectivity index (χ0n) is 17.8. The van der Waals surface area contributed by atoms with Crippen LogP contribution in [0, 0.1) is 0 Å². The Bertz CT molecular complexity index is 1130. The summed E-state index contributed by atoms with van der Waals surface area (Å²) in [7, 11) is 1.55. The summed E-state index contributed by atoms with van der Waals surface area (Å²) in [5.41, 5.74) is 1.96. The van der Waals surface area contributed by atoms with Crippen LogP contribution in [0.2, 0.25) is 5.02 Å². The Morgan fingerprint density at radius 3 is 2.69 bits per heavy atom. The minimum Gasteiger partial charge on any atom is -0.495 e. The van der Waals surface area contributed by atoms with E-state index in [-0.39, 0.29) is 11.8 Å². The van der Waals surface area contributed by atoms with Crippen molar-refractivity contribution in [3.8, 4) is 17.1 Å². The number of carbonyl (C=O) groups excluding carboxylic acids is 2. The lowest BCUT2D eigenvalue weighted by molar-refractivity contribution is -0.120. The maximum Gasteiger partial charge on any atom is 0.251 e. The van der Waals surface area contributed by atoms with Crippen molar-refractivity contribution < 1.29 is 14.3 Å². The first kappa shape index (κ1) is 21.8. The van der Waals surface area contributed by atoms with Gasteiger partial charge in [-0.25, -0.2) is 0 Å². The summed E-state index contributed by atoms with van der Waals surface area (Å²) in [6, 6.07) is 11.7. The van der Waals surface area contributed by atoms with Crippen LogP contribution in [0.5, 0.6) is 5.75 Å². The van der Waals surface area contributed by atoms with Crippen LogP contribution in [0.3, 0.4) is 0 Å². The van der Waals surface area contributed by atoms with Gasteiger partial charge in [0.05, 0.1) is 12.8 Å². The monoisotopic (exact) mass is 454 g/mol. The third-order valence-electron chi connectivity index (χ3n) is 5.31. The molecular formula is C22H23ClN6O3. The summed E-state index contributed by atoms with van der Waals surface area (Å²) in [5, 5.41) is 16.0. The highest BCUT2D eigenvalue weighted by Crippen LogP contribution is 2.34. The smallest absolute Gasteiger partial charge is 0.251 e. The van der Waals surface area contributed by atoms with Crippen LogP contribution >= 0.6 is 11.6 Å². The first-order valence-corrected chi connectivity index (χ1v) is 10.7. The number of methoxy groups -OCH3 is 1. The van der Waals surface area contributed by atoms with Gasteiger partial charge in [-0.1, -0.05) is 18.5 Å². The van der Waals surface area contributed by atoms with E-state index >= 15 is 0 Å². The molecule has 1 aromatic heterocycles. The minimum atomic E-state index is -0.650. The molecule has 166 valence electrons. The van der Waals surface area contributed by atoms with Crippen molar-refractivity contribution in [3.05, 3.63) is 47.5 Å². The highest BCUT2D eigenvalue weighted by molar-refractivity contribution is 6.30. The SMILES string of the molecule is CCC(C(=O)Nc1ccc(OC)c(N2CCCC2=O)c1)n1nnc(-c2ccc(Cl)cc2)n1. The van der Waals surface area contributed by atoms with E-state index in [1.54, 1.807) is 54.5 Å². The van der Waals surface area contributed by atoms with E-state index in [9.17, 15) is 9.59 Å². The van der Waals surface area contributed by atoms with Gasteiger partial charge in [-0.05, 0) is 60.5 Å². The molecule has 0 bridgehead atoms. The first-order chi connectivity index (χ1) is 15.5. The Kier molecular flexibility index (Phi) is 6.36. The molecule has 9 nitrogen and oxygen atoms in total. The predicted octanol–water partition coefficient (Wildman–Crippen LogP) is 3.72. The van der Waals surface area contributed by atoms with Gasteiger partial charge in [-0.2, -0.15) is 4.80 Å². The Hall–Kier alpha value is -3.46. The molecule has 1 saturated heterocycles. The normalized spacial score (nSPS) is 14.5. The molecule has 3 aromatic rings. The molecule has 2 heterocycles. The summed E-state index contributed by atoms with van der Waals surface area (Å²) in [5.74, 6) is 0.749. The number of nitrogens with one attached hydrogen (secondary N) is 1. The second-order valence-electron chi connectivity index (χ2n) is 7.39. The number of hydrogen-bond acceptors (Lipinski definition) is 6. The molecule has 1 N–H and O–H groups in total. The van der Waals surface area contributed by atoms with E-state index in [0.29, 0.717) is 47.4 Å². The van der Waals surface area contributed by atoms with Crippen molar-refractivity contribution in [1.82, 2.24) is 20.2 Å². The van der Waals surface area contributed by atoms with Gasteiger partial charge in [0.2, 0.25) is 11.7 Å². The van der Waals surface area contributed by atoms with Crippen LogP contribution < -0.4 is 15.0 Å². The Morgan fingerprint density at radius 2 is 2.03 bits per heavy atom. The van der Waals surface area contributed by atoms with Crippen LogP contribution in [0.15, 0.2) is 42.5 Å². The fourth-order valence-electron chi connectivity index (χ4n) is 3.63. The molecule has 10 heteroatoms. The van der Waals surface area contributed by atoms with E-state index < -0.39 is 6.04 Å². The minimum absolute atomic E-state index is 0.0414. The average Bonchev–Trinajstić information content (AvgIpc) is 3.44. The van der Waals surface area contributed by atoms with E-state index in [0.717, 1.165) is 12.0 Å². The molecule has 2 aromatic carbocycles. The lowest BCUT2D eigenvalue weighted by Crippen LogP contribution is -2.28. The molecule has 4 rings (SSSR count). The fourth-order valence-corrected chi connectivity index (χ4v) is 3.76. The number of aromatic nitrogens is 4. The maximum absolute atomic E-state index is 13.0. The van der Waals surface area contributed by atoms with Gasteiger partial charge in [0, 0.05) is 29.2 Å². The molecule has 1 atom stereocenters. The van der Waals surface area contributed by atoms with Crippen molar-refractivity contribution >= 4 is 34.8 Å². The highest BCUT2D eigenvalue weighted by atomic mass is 35.5. The summed E-state index contributed by atoms with van der Waals surface area (Å²) < 4.78 is 5.41. The summed E-state index contributed by atoms with van der Waals surface area (Å²) >= 11 is 5.93. The molecule has 2 amide bonds. The third kappa shape index (κ3) is 4.43. The van der Waals surface area contributed by atoms with Gasteiger partial charge < -0.3 is 15.0 Å². The van der Waals surface area contributed by atoms with Gasteiger partial charge in [0.1, 0.15) is 5.75 Å². The number of tetrazole rings is 1. The molecule has 0 saturated carbocycles. The first-order valence-electron chi connectivity index (χ1n) is 10.3. The van der Waals surface area contributed by atoms with Crippen molar-refractivity contribution in [3.63, 3.8) is 0 Å². The quantitative estimate of drug-likeness (QED) is 0.583. The van der Waals surface area contributed by atoms with E-state index in [4.69, 9.17) is 16.3 Å². The largest absolute Gasteiger partial charge is 0.495 e. The molecule has 0 spiro atoms. The zero-order valence-corrected chi connectivity index (χ0v) is 18.5. The average molecular weight is 455 g/mol. The van der Waals surface area contributed by atoms with Crippen LogP contribution in [-0.4, -0.2) is 45.7 Å². The Labute approximate surface area is 190 Å². The zero-order chi connectivity index (χ0) is 22.7. The van der Waals surface area contributed by atoms with Crippen molar-refractivity contribution in [2.24, 2.45) is 0 Å². The van der Waals surface area contributed by atoms with E-state index in [2.05, 4.69) is 20.7 Å². The summed E-state index contributed by atoms with van der Waals surface area (Å²) in [6.07, 6.45) is 1.77. The molecule has 0 radical (unpaired) electrons. The Balaban J connectivity index is 1.54. The number of halogens is 1. The molecule has 1 aliphatic heterocycles. The van der Waals surface area contributed by atoms with Gasteiger partial charge >= 0.3 is 0 Å².